The fraction of sp³-hybridized carbons (Fsp3) is 0.412. The van der Waals surface area contributed by atoms with E-state index in [1.807, 2.05) is 0 Å². The zero-order chi connectivity index (χ0) is 17.3. The van der Waals surface area contributed by atoms with Crippen molar-refractivity contribution < 1.29 is 9.59 Å². The van der Waals surface area contributed by atoms with Crippen LogP contribution in [0.25, 0.3) is 11.0 Å². The standard InChI is InChI=1S/C17H20N4O3/c1-11-5-6-12-15(23)13(17(24)20-7-3-2-4-8-20)9-21(10-14(18)22)16(12)19-11/h5-6,9H,2-4,7-8,10H2,1H3,(H2,18,22). The first-order valence-corrected chi connectivity index (χ1v) is 8.06. The maximum absolute atomic E-state index is 12.7. The third-order valence-electron chi connectivity index (χ3n) is 4.26. The zero-order valence-corrected chi connectivity index (χ0v) is 13.6. The van der Waals surface area contributed by atoms with Crippen molar-refractivity contribution in [2.45, 2.75) is 32.7 Å². The number of likely N-dealkylation sites (tertiary alicyclic amines) is 1. The van der Waals surface area contributed by atoms with Crippen LogP contribution in [0.3, 0.4) is 0 Å². The molecule has 1 aliphatic heterocycles. The minimum atomic E-state index is -0.556. The van der Waals surface area contributed by atoms with Gasteiger partial charge in [-0.2, -0.15) is 0 Å². The van der Waals surface area contributed by atoms with Crippen molar-refractivity contribution in [1.29, 1.82) is 0 Å². The summed E-state index contributed by atoms with van der Waals surface area (Å²) >= 11 is 0. The van der Waals surface area contributed by atoms with Gasteiger partial charge in [0.25, 0.3) is 5.91 Å². The SMILES string of the molecule is Cc1ccc2c(=O)c(C(=O)N3CCCCC3)cn(CC(N)=O)c2n1. The Kier molecular flexibility index (Phi) is 4.33. The van der Waals surface area contributed by atoms with E-state index in [1.165, 1.54) is 10.8 Å². The van der Waals surface area contributed by atoms with Gasteiger partial charge in [0.1, 0.15) is 17.8 Å². The fourth-order valence-corrected chi connectivity index (χ4v) is 3.07. The summed E-state index contributed by atoms with van der Waals surface area (Å²) in [4.78, 5) is 42.9. The van der Waals surface area contributed by atoms with E-state index < -0.39 is 5.91 Å². The Morgan fingerprint density at radius 3 is 2.58 bits per heavy atom. The van der Waals surface area contributed by atoms with Crippen molar-refractivity contribution in [3.05, 3.63) is 39.8 Å². The molecule has 7 nitrogen and oxygen atoms in total. The summed E-state index contributed by atoms with van der Waals surface area (Å²) in [6.45, 7) is 2.97. The average molecular weight is 328 g/mol. The molecule has 0 unspecified atom stereocenters. The second-order valence-electron chi connectivity index (χ2n) is 6.14. The molecule has 2 amide bonds. The van der Waals surface area contributed by atoms with Crippen LogP contribution in [0.2, 0.25) is 0 Å². The van der Waals surface area contributed by atoms with Crippen LogP contribution in [0.4, 0.5) is 0 Å². The molecular formula is C17H20N4O3. The van der Waals surface area contributed by atoms with Crippen LogP contribution in [0, 0.1) is 6.92 Å². The van der Waals surface area contributed by atoms with Crippen molar-refractivity contribution in [2.24, 2.45) is 5.73 Å². The van der Waals surface area contributed by atoms with E-state index in [-0.39, 0.29) is 23.4 Å². The zero-order valence-electron chi connectivity index (χ0n) is 13.6. The van der Waals surface area contributed by atoms with Crippen molar-refractivity contribution >= 4 is 22.8 Å². The minimum Gasteiger partial charge on any atom is -0.368 e. The molecule has 1 fully saturated rings. The Balaban J connectivity index is 2.15. The number of nitrogens with zero attached hydrogens (tertiary/aromatic N) is 3. The molecular weight excluding hydrogens is 308 g/mol. The van der Waals surface area contributed by atoms with Crippen LogP contribution in [0.5, 0.6) is 0 Å². The van der Waals surface area contributed by atoms with Gasteiger partial charge in [-0.05, 0) is 38.3 Å². The molecule has 0 atom stereocenters. The Bertz CT molecular complexity index is 866. The molecule has 1 saturated heterocycles. The predicted molar refractivity (Wildman–Crippen MR) is 89.7 cm³/mol. The molecule has 0 aliphatic carbocycles. The van der Waals surface area contributed by atoms with Gasteiger partial charge in [-0.1, -0.05) is 0 Å². The van der Waals surface area contributed by atoms with E-state index in [2.05, 4.69) is 4.98 Å². The van der Waals surface area contributed by atoms with Crippen molar-refractivity contribution in [3.63, 3.8) is 0 Å². The molecule has 2 N–H and O–H groups in total. The Morgan fingerprint density at radius 2 is 1.92 bits per heavy atom. The molecule has 2 aromatic heterocycles. The van der Waals surface area contributed by atoms with Crippen LogP contribution < -0.4 is 11.2 Å². The van der Waals surface area contributed by atoms with E-state index in [4.69, 9.17) is 5.73 Å². The first kappa shape index (κ1) is 16.2. The molecule has 3 rings (SSSR count). The second-order valence-corrected chi connectivity index (χ2v) is 6.14. The number of amides is 2. The first-order valence-electron chi connectivity index (χ1n) is 8.06. The largest absolute Gasteiger partial charge is 0.368 e. The van der Waals surface area contributed by atoms with E-state index >= 15 is 0 Å². The molecule has 126 valence electrons. The lowest BCUT2D eigenvalue weighted by Crippen LogP contribution is -2.38. The molecule has 0 bridgehead atoms. The van der Waals surface area contributed by atoms with Gasteiger partial charge < -0.3 is 15.2 Å². The first-order chi connectivity index (χ1) is 11.5. The maximum atomic E-state index is 12.7. The van der Waals surface area contributed by atoms with Crippen LogP contribution >= 0.6 is 0 Å². The number of piperidine rings is 1. The predicted octanol–water partition coefficient (Wildman–Crippen LogP) is 0.816. The smallest absolute Gasteiger partial charge is 0.259 e. The van der Waals surface area contributed by atoms with Gasteiger partial charge in [-0.15, -0.1) is 0 Å². The van der Waals surface area contributed by atoms with Crippen molar-refractivity contribution in [3.8, 4) is 0 Å². The Morgan fingerprint density at radius 1 is 1.21 bits per heavy atom. The highest BCUT2D eigenvalue weighted by Crippen LogP contribution is 2.15. The van der Waals surface area contributed by atoms with Gasteiger partial charge in [0.15, 0.2) is 0 Å². The summed E-state index contributed by atoms with van der Waals surface area (Å²) in [6.07, 6.45) is 4.39. The molecule has 0 aromatic carbocycles. The highest BCUT2D eigenvalue weighted by atomic mass is 16.2. The monoisotopic (exact) mass is 328 g/mol. The fourth-order valence-electron chi connectivity index (χ4n) is 3.07. The van der Waals surface area contributed by atoms with E-state index in [1.54, 1.807) is 24.0 Å². The Labute approximate surface area is 139 Å². The molecule has 0 radical (unpaired) electrons. The summed E-state index contributed by atoms with van der Waals surface area (Å²) in [7, 11) is 0. The highest BCUT2D eigenvalue weighted by Gasteiger charge is 2.23. The van der Waals surface area contributed by atoms with Crippen molar-refractivity contribution in [2.75, 3.05) is 13.1 Å². The quantitative estimate of drug-likeness (QED) is 0.901. The van der Waals surface area contributed by atoms with Crippen LogP contribution in [-0.4, -0.2) is 39.4 Å². The van der Waals surface area contributed by atoms with Crippen molar-refractivity contribution in [1.82, 2.24) is 14.5 Å². The molecule has 2 aromatic rings. The number of primary amides is 1. The number of nitrogens with two attached hydrogens (primary N) is 1. The maximum Gasteiger partial charge on any atom is 0.259 e. The van der Waals surface area contributed by atoms with Crippen LogP contribution in [0.1, 0.15) is 35.3 Å². The third kappa shape index (κ3) is 3.02. The summed E-state index contributed by atoms with van der Waals surface area (Å²) in [5.41, 5.74) is 6.10. The van der Waals surface area contributed by atoms with E-state index in [9.17, 15) is 14.4 Å². The number of hydrogen-bond donors (Lipinski definition) is 1. The third-order valence-corrected chi connectivity index (χ3v) is 4.26. The normalized spacial score (nSPS) is 14.8. The number of carbonyl (C=O) groups is 2. The number of aromatic nitrogens is 2. The second kappa shape index (κ2) is 6.43. The number of aryl methyl sites for hydroxylation is 1. The van der Waals surface area contributed by atoms with Gasteiger partial charge in [0.2, 0.25) is 11.3 Å². The molecule has 3 heterocycles. The molecule has 0 saturated carbocycles. The van der Waals surface area contributed by atoms with Gasteiger partial charge in [-0.25, -0.2) is 4.98 Å². The molecule has 24 heavy (non-hydrogen) atoms. The molecule has 1 aliphatic rings. The number of hydrogen-bond acceptors (Lipinski definition) is 4. The molecule has 7 heteroatoms. The lowest BCUT2D eigenvalue weighted by Gasteiger charge is -2.26. The number of carbonyl (C=O) groups excluding carboxylic acids is 2. The lowest BCUT2D eigenvalue weighted by atomic mass is 10.1. The van der Waals surface area contributed by atoms with Gasteiger partial charge in [0, 0.05) is 25.0 Å². The van der Waals surface area contributed by atoms with Gasteiger partial charge >= 0.3 is 0 Å². The van der Waals surface area contributed by atoms with Gasteiger partial charge in [-0.3, -0.25) is 14.4 Å². The summed E-state index contributed by atoms with van der Waals surface area (Å²) in [6, 6.07) is 3.36. The summed E-state index contributed by atoms with van der Waals surface area (Å²) < 4.78 is 1.49. The topological polar surface area (TPSA) is 98.3 Å². The Hall–Kier alpha value is -2.70. The number of rotatable bonds is 3. The average Bonchev–Trinajstić information content (AvgIpc) is 2.57. The lowest BCUT2D eigenvalue weighted by molar-refractivity contribution is -0.118. The highest BCUT2D eigenvalue weighted by molar-refractivity contribution is 5.97. The summed E-state index contributed by atoms with van der Waals surface area (Å²) in [5.74, 6) is -0.847. The van der Waals surface area contributed by atoms with Gasteiger partial charge in [0.05, 0.1) is 5.39 Å². The van der Waals surface area contributed by atoms with E-state index in [0.717, 1.165) is 25.0 Å². The number of fused-ring (bicyclic) bond motifs is 1. The number of pyridine rings is 2. The summed E-state index contributed by atoms with van der Waals surface area (Å²) in [5, 5.41) is 0.324. The van der Waals surface area contributed by atoms with E-state index in [0.29, 0.717) is 24.1 Å². The minimum absolute atomic E-state index is 0.0660. The molecule has 0 spiro atoms. The van der Waals surface area contributed by atoms with Crippen LogP contribution in [-0.2, 0) is 11.3 Å². The van der Waals surface area contributed by atoms with Crippen LogP contribution in [0.15, 0.2) is 23.1 Å².